The topological polar surface area (TPSA) is 16.1 Å². The number of hydrogen-bond donors (Lipinski definition) is 0. The van der Waals surface area contributed by atoms with Crippen LogP contribution in [0.25, 0.3) is 0 Å². The molecule has 1 saturated carbocycles. The molecule has 1 fully saturated rings. The van der Waals surface area contributed by atoms with E-state index in [1.807, 2.05) is 6.20 Å². The van der Waals surface area contributed by atoms with Gasteiger partial charge >= 0.3 is 0 Å². The number of aromatic nitrogens is 1. The maximum absolute atomic E-state index is 4.33. The number of nitrogens with zero attached hydrogens (tertiary/aromatic N) is 2. The Morgan fingerprint density at radius 1 is 1.62 bits per heavy atom. The Morgan fingerprint density at radius 2 is 2.38 bits per heavy atom. The van der Waals surface area contributed by atoms with E-state index in [1.54, 1.807) is 11.3 Å². The third-order valence-corrected chi connectivity index (χ3v) is 3.24. The van der Waals surface area contributed by atoms with Crippen LogP contribution in [0, 0.1) is 0 Å². The maximum atomic E-state index is 4.33. The molecule has 2 rings (SSSR count). The lowest BCUT2D eigenvalue weighted by molar-refractivity contribution is 0.202. The summed E-state index contributed by atoms with van der Waals surface area (Å²) in [6.07, 6.45) is 4.65. The highest BCUT2D eigenvalue weighted by Crippen LogP contribution is 2.30. The van der Waals surface area contributed by atoms with Crippen LogP contribution in [0.2, 0.25) is 0 Å². The Bertz CT molecular complexity index is 250. The molecule has 72 valence electrons. The molecular formula is C10H16N2S. The van der Waals surface area contributed by atoms with Crippen LogP contribution in [0.15, 0.2) is 11.6 Å². The van der Waals surface area contributed by atoms with Crippen molar-refractivity contribution in [3.63, 3.8) is 0 Å². The Morgan fingerprint density at radius 3 is 2.85 bits per heavy atom. The van der Waals surface area contributed by atoms with Crippen molar-refractivity contribution in [2.45, 2.75) is 45.3 Å². The summed E-state index contributed by atoms with van der Waals surface area (Å²) in [5.41, 5.74) is 0. The van der Waals surface area contributed by atoms with Gasteiger partial charge in [-0.2, -0.15) is 0 Å². The summed E-state index contributed by atoms with van der Waals surface area (Å²) in [6.45, 7) is 5.58. The highest BCUT2D eigenvalue weighted by Gasteiger charge is 2.30. The molecule has 3 heteroatoms. The van der Waals surface area contributed by atoms with Crippen LogP contribution in [0.1, 0.15) is 31.7 Å². The van der Waals surface area contributed by atoms with E-state index >= 15 is 0 Å². The Balaban J connectivity index is 1.97. The highest BCUT2D eigenvalue weighted by atomic mass is 32.1. The van der Waals surface area contributed by atoms with Crippen LogP contribution in [-0.2, 0) is 6.54 Å². The summed E-state index contributed by atoms with van der Waals surface area (Å²) in [5.74, 6) is 0. The molecule has 0 N–H and O–H groups in total. The molecule has 1 aliphatic rings. The van der Waals surface area contributed by atoms with Gasteiger partial charge < -0.3 is 0 Å². The van der Waals surface area contributed by atoms with E-state index < -0.39 is 0 Å². The number of rotatable bonds is 4. The van der Waals surface area contributed by atoms with Gasteiger partial charge in [0.25, 0.3) is 0 Å². The van der Waals surface area contributed by atoms with Crippen molar-refractivity contribution in [1.29, 1.82) is 0 Å². The zero-order valence-corrected chi connectivity index (χ0v) is 9.05. The predicted molar refractivity (Wildman–Crippen MR) is 55.8 cm³/mol. The highest BCUT2D eigenvalue weighted by molar-refractivity contribution is 7.09. The van der Waals surface area contributed by atoms with Gasteiger partial charge in [0.2, 0.25) is 0 Å². The zero-order valence-electron chi connectivity index (χ0n) is 8.23. The molecule has 1 aromatic heterocycles. The van der Waals surface area contributed by atoms with E-state index in [1.165, 1.54) is 17.8 Å². The fourth-order valence-corrected chi connectivity index (χ4v) is 2.25. The molecular weight excluding hydrogens is 180 g/mol. The van der Waals surface area contributed by atoms with Crippen molar-refractivity contribution < 1.29 is 0 Å². The Hall–Kier alpha value is -0.410. The molecule has 13 heavy (non-hydrogen) atoms. The molecule has 0 atom stereocenters. The summed E-state index contributed by atoms with van der Waals surface area (Å²) in [7, 11) is 0. The minimum Gasteiger partial charge on any atom is -0.291 e. The van der Waals surface area contributed by atoms with Crippen LogP contribution in [-0.4, -0.2) is 22.0 Å². The largest absolute Gasteiger partial charge is 0.291 e. The number of thiazole rings is 1. The van der Waals surface area contributed by atoms with Crippen LogP contribution in [0.3, 0.4) is 0 Å². The second kappa shape index (κ2) is 3.76. The molecule has 0 radical (unpaired) electrons. The van der Waals surface area contributed by atoms with Crippen molar-refractivity contribution >= 4 is 11.3 Å². The van der Waals surface area contributed by atoms with Gasteiger partial charge in [0.05, 0.1) is 6.54 Å². The van der Waals surface area contributed by atoms with E-state index in [4.69, 9.17) is 0 Å². The minimum absolute atomic E-state index is 0.649. The van der Waals surface area contributed by atoms with Gasteiger partial charge in [0.1, 0.15) is 5.01 Å². The summed E-state index contributed by atoms with van der Waals surface area (Å²) in [5, 5.41) is 3.31. The Kier molecular flexibility index (Phi) is 2.65. The molecule has 0 saturated heterocycles. The van der Waals surface area contributed by atoms with Crippen molar-refractivity contribution in [2.75, 3.05) is 0 Å². The lowest BCUT2D eigenvalue weighted by atomic mass is 10.3. The van der Waals surface area contributed by atoms with Crippen LogP contribution >= 0.6 is 11.3 Å². The van der Waals surface area contributed by atoms with Crippen molar-refractivity contribution in [2.24, 2.45) is 0 Å². The summed E-state index contributed by atoms with van der Waals surface area (Å²) >= 11 is 1.76. The lowest BCUT2D eigenvalue weighted by Gasteiger charge is -2.24. The second-order valence-corrected chi connectivity index (χ2v) is 4.90. The molecule has 1 aliphatic carbocycles. The first-order chi connectivity index (χ1) is 6.27. The van der Waals surface area contributed by atoms with Gasteiger partial charge in [-0.05, 0) is 26.7 Å². The summed E-state index contributed by atoms with van der Waals surface area (Å²) < 4.78 is 0. The quantitative estimate of drug-likeness (QED) is 0.735. The van der Waals surface area contributed by atoms with E-state index in [2.05, 4.69) is 29.1 Å². The zero-order chi connectivity index (χ0) is 9.26. The van der Waals surface area contributed by atoms with Gasteiger partial charge in [-0.15, -0.1) is 11.3 Å². The molecule has 0 spiro atoms. The standard InChI is InChI=1S/C10H16N2S/c1-8(2)12(9-3-4-9)7-10-11-5-6-13-10/h5-6,8-9H,3-4,7H2,1-2H3. The molecule has 0 aliphatic heterocycles. The van der Waals surface area contributed by atoms with Crippen LogP contribution < -0.4 is 0 Å². The molecule has 0 bridgehead atoms. The average molecular weight is 196 g/mol. The smallest absolute Gasteiger partial charge is 0.107 e. The van der Waals surface area contributed by atoms with Gasteiger partial charge in [-0.1, -0.05) is 0 Å². The fourth-order valence-electron chi connectivity index (χ4n) is 1.63. The predicted octanol–water partition coefficient (Wildman–Crippen LogP) is 2.52. The molecule has 0 amide bonds. The van der Waals surface area contributed by atoms with Crippen LogP contribution in [0.5, 0.6) is 0 Å². The van der Waals surface area contributed by atoms with E-state index in [-0.39, 0.29) is 0 Å². The van der Waals surface area contributed by atoms with Crippen molar-refractivity contribution in [1.82, 2.24) is 9.88 Å². The molecule has 0 unspecified atom stereocenters. The van der Waals surface area contributed by atoms with E-state index in [9.17, 15) is 0 Å². The Labute approximate surface area is 83.6 Å². The van der Waals surface area contributed by atoms with Gasteiger partial charge in [0.15, 0.2) is 0 Å². The average Bonchev–Trinajstić information content (AvgIpc) is 2.79. The third kappa shape index (κ3) is 2.29. The first kappa shape index (κ1) is 9.16. The number of hydrogen-bond acceptors (Lipinski definition) is 3. The molecule has 1 heterocycles. The van der Waals surface area contributed by atoms with Crippen LogP contribution in [0.4, 0.5) is 0 Å². The molecule has 0 aromatic carbocycles. The van der Waals surface area contributed by atoms with Gasteiger partial charge in [-0.3, -0.25) is 4.90 Å². The van der Waals surface area contributed by atoms with Gasteiger partial charge in [-0.25, -0.2) is 4.98 Å². The van der Waals surface area contributed by atoms with Crippen molar-refractivity contribution in [3.8, 4) is 0 Å². The maximum Gasteiger partial charge on any atom is 0.107 e. The van der Waals surface area contributed by atoms with Crippen molar-refractivity contribution in [3.05, 3.63) is 16.6 Å². The normalized spacial score (nSPS) is 17.2. The first-order valence-electron chi connectivity index (χ1n) is 4.91. The third-order valence-electron chi connectivity index (χ3n) is 2.48. The molecule has 2 nitrogen and oxygen atoms in total. The van der Waals surface area contributed by atoms with Gasteiger partial charge in [0, 0.05) is 23.7 Å². The second-order valence-electron chi connectivity index (χ2n) is 3.92. The SMILES string of the molecule is CC(C)N(Cc1nccs1)C1CC1. The van der Waals surface area contributed by atoms with E-state index in [0.29, 0.717) is 6.04 Å². The summed E-state index contributed by atoms with van der Waals surface area (Å²) in [4.78, 5) is 6.88. The minimum atomic E-state index is 0.649. The first-order valence-corrected chi connectivity index (χ1v) is 5.79. The summed E-state index contributed by atoms with van der Waals surface area (Å²) in [6, 6.07) is 1.49. The fraction of sp³-hybridized carbons (Fsp3) is 0.700. The lowest BCUT2D eigenvalue weighted by Crippen LogP contribution is -2.32. The molecule has 1 aromatic rings. The van der Waals surface area contributed by atoms with E-state index in [0.717, 1.165) is 12.6 Å². The monoisotopic (exact) mass is 196 g/mol.